The second-order valence-corrected chi connectivity index (χ2v) is 6.99. The van der Waals surface area contributed by atoms with E-state index < -0.39 is 0 Å². The number of hydrogen-bond donors (Lipinski definition) is 0. The fourth-order valence-electron chi connectivity index (χ4n) is 3.81. The van der Waals surface area contributed by atoms with Gasteiger partial charge in [-0.3, -0.25) is 0 Å². The van der Waals surface area contributed by atoms with Crippen LogP contribution in [0.4, 0.5) is 0 Å². The maximum atomic E-state index is 9.14. The monoisotopic (exact) mass is 303 g/mol. The molecule has 2 rings (SSSR count). The summed E-state index contributed by atoms with van der Waals surface area (Å²) in [6, 6.07) is 0.600. The molecule has 1 saturated heterocycles. The predicted molar refractivity (Wildman–Crippen MR) is 91.4 cm³/mol. The number of hydrogen-bond acceptors (Lipinski definition) is 3. The van der Waals surface area contributed by atoms with E-state index in [4.69, 9.17) is 5.26 Å². The maximum absolute atomic E-state index is 9.14. The van der Waals surface area contributed by atoms with Gasteiger partial charge in [-0.05, 0) is 52.7 Å². The molecule has 1 atom stereocenters. The van der Waals surface area contributed by atoms with Crippen LogP contribution in [-0.4, -0.2) is 48.9 Å². The van der Waals surface area contributed by atoms with Crippen LogP contribution in [0.1, 0.15) is 57.8 Å². The first-order chi connectivity index (χ1) is 10.7. The van der Waals surface area contributed by atoms with Gasteiger partial charge in [-0.1, -0.05) is 32.1 Å². The third-order valence-corrected chi connectivity index (χ3v) is 5.01. The third kappa shape index (κ3) is 4.98. The van der Waals surface area contributed by atoms with E-state index in [1.807, 2.05) is 0 Å². The fraction of sp³-hybridized carbons (Fsp3) is 0.833. The summed E-state index contributed by atoms with van der Waals surface area (Å²) < 4.78 is 0. The lowest BCUT2D eigenvalue weighted by atomic mass is 9.88. The predicted octanol–water partition coefficient (Wildman–Crippen LogP) is 3.46. The molecule has 0 spiro atoms. The second-order valence-electron chi connectivity index (χ2n) is 6.99. The van der Waals surface area contributed by atoms with Gasteiger partial charge in [0.15, 0.2) is 0 Å². The Morgan fingerprint density at radius 2 is 1.91 bits per heavy atom. The molecule has 1 radical (unpaired) electrons. The van der Waals surface area contributed by atoms with Gasteiger partial charge in [-0.15, -0.1) is 0 Å². The fourth-order valence-corrected chi connectivity index (χ4v) is 3.81. The first-order valence-electron chi connectivity index (χ1n) is 8.93. The van der Waals surface area contributed by atoms with Gasteiger partial charge in [0, 0.05) is 18.5 Å². The van der Waals surface area contributed by atoms with Gasteiger partial charge in [0.1, 0.15) is 5.84 Å². The van der Waals surface area contributed by atoms with Crippen LogP contribution < -0.4 is 0 Å². The molecule has 4 heteroatoms. The highest BCUT2D eigenvalue weighted by atomic mass is 15.2. The van der Waals surface area contributed by atoms with E-state index in [1.165, 1.54) is 44.9 Å². The maximum Gasteiger partial charge on any atom is 0.207 e. The van der Waals surface area contributed by atoms with E-state index in [-0.39, 0.29) is 0 Å². The standard InChI is InChI=1S/C18H31N4/c1-21(2)14-12-16-9-8-13-22(18(16)20-15-19)17-10-6-4-3-5-7-11-17/h9,16-17H,3-8,10-14H2,1-2H3. The van der Waals surface area contributed by atoms with Gasteiger partial charge in [0.2, 0.25) is 6.19 Å². The smallest absolute Gasteiger partial charge is 0.207 e. The van der Waals surface area contributed by atoms with Crippen molar-refractivity contribution in [3.8, 4) is 6.19 Å². The molecule has 2 fully saturated rings. The summed E-state index contributed by atoms with van der Waals surface area (Å²) in [6.45, 7) is 2.09. The van der Waals surface area contributed by atoms with Gasteiger partial charge in [-0.25, -0.2) is 0 Å². The Bertz CT molecular complexity index is 388. The number of nitriles is 1. The van der Waals surface area contributed by atoms with Crippen molar-refractivity contribution in [2.24, 2.45) is 10.9 Å². The van der Waals surface area contributed by atoms with E-state index >= 15 is 0 Å². The average Bonchev–Trinajstić information content (AvgIpc) is 2.46. The molecule has 4 nitrogen and oxygen atoms in total. The van der Waals surface area contributed by atoms with E-state index in [2.05, 4.69) is 41.5 Å². The molecule has 2 aliphatic rings. The van der Waals surface area contributed by atoms with Crippen LogP contribution in [0.15, 0.2) is 4.99 Å². The molecule has 1 aliphatic carbocycles. The Kier molecular flexibility index (Phi) is 7.18. The van der Waals surface area contributed by atoms with E-state index in [0.717, 1.165) is 31.8 Å². The quantitative estimate of drug-likeness (QED) is 0.747. The van der Waals surface area contributed by atoms with E-state index in [9.17, 15) is 0 Å². The Balaban J connectivity index is 2.06. The Labute approximate surface area is 136 Å². The lowest BCUT2D eigenvalue weighted by Crippen LogP contribution is -2.48. The summed E-state index contributed by atoms with van der Waals surface area (Å²) in [5.74, 6) is 1.39. The summed E-state index contributed by atoms with van der Waals surface area (Å²) in [7, 11) is 4.22. The van der Waals surface area contributed by atoms with Crippen LogP contribution in [-0.2, 0) is 0 Å². The van der Waals surface area contributed by atoms with Crippen molar-refractivity contribution in [2.75, 3.05) is 27.2 Å². The highest BCUT2D eigenvalue weighted by Gasteiger charge is 2.31. The first kappa shape index (κ1) is 17.3. The topological polar surface area (TPSA) is 42.6 Å². The lowest BCUT2D eigenvalue weighted by molar-refractivity contribution is 0.232. The molecular formula is C18H31N4. The minimum Gasteiger partial charge on any atom is -0.356 e. The van der Waals surface area contributed by atoms with Crippen molar-refractivity contribution in [2.45, 2.75) is 63.8 Å². The van der Waals surface area contributed by atoms with Crippen molar-refractivity contribution in [3.63, 3.8) is 0 Å². The highest BCUT2D eigenvalue weighted by molar-refractivity contribution is 5.87. The van der Waals surface area contributed by atoms with Crippen molar-refractivity contribution in [3.05, 3.63) is 6.42 Å². The van der Waals surface area contributed by atoms with E-state index in [0.29, 0.717) is 12.0 Å². The summed E-state index contributed by atoms with van der Waals surface area (Å²) in [5, 5.41) is 9.14. The van der Waals surface area contributed by atoms with Crippen molar-refractivity contribution >= 4 is 5.84 Å². The number of likely N-dealkylation sites (tertiary alicyclic amines) is 1. The Hall–Kier alpha value is -1.08. The van der Waals surface area contributed by atoms with Crippen molar-refractivity contribution in [1.82, 2.24) is 9.80 Å². The SMILES string of the molecule is CN(C)CCC1[CH]CCN(C2CCCCCCC2)C1=NC#N. The molecule has 1 heterocycles. The normalized spacial score (nSPS) is 26.7. The third-order valence-electron chi connectivity index (χ3n) is 5.01. The zero-order chi connectivity index (χ0) is 15.8. The minimum absolute atomic E-state index is 0.348. The van der Waals surface area contributed by atoms with E-state index in [1.54, 1.807) is 0 Å². The first-order valence-corrected chi connectivity index (χ1v) is 8.93. The molecule has 22 heavy (non-hydrogen) atoms. The number of piperidine rings is 1. The van der Waals surface area contributed by atoms with Crippen LogP contribution in [0.2, 0.25) is 0 Å². The number of amidine groups is 1. The molecular weight excluding hydrogens is 272 g/mol. The minimum atomic E-state index is 0.348. The van der Waals surface area contributed by atoms with Crippen molar-refractivity contribution < 1.29 is 0 Å². The summed E-state index contributed by atoms with van der Waals surface area (Å²) in [5.41, 5.74) is 0. The number of aliphatic imine (C=N–C) groups is 1. The molecule has 0 bridgehead atoms. The van der Waals surface area contributed by atoms with Crippen LogP contribution >= 0.6 is 0 Å². The van der Waals surface area contributed by atoms with Crippen LogP contribution in [0.25, 0.3) is 0 Å². The Morgan fingerprint density at radius 3 is 2.55 bits per heavy atom. The van der Waals surface area contributed by atoms with Crippen molar-refractivity contribution in [1.29, 1.82) is 5.26 Å². The molecule has 1 unspecified atom stereocenters. The largest absolute Gasteiger partial charge is 0.356 e. The van der Waals surface area contributed by atoms with Gasteiger partial charge >= 0.3 is 0 Å². The lowest BCUT2D eigenvalue weighted by Gasteiger charge is -2.41. The van der Waals surface area contributed by atoms with Crippen LogP contribution in [0.5, 0.6) is 0 Å². The summed E-state index contributed by atoms with van der Waals surface area (Å²) in [6.07, 6.45) is 15.9. The molecule has 0 aromatic heterocycles. The summed E-state index contributed by atoms with van der Waals surface area (Å²) >= 11 is 0. The molecule has 0 aromatic rings. The van der Waals surface area contributed by atoms with Crippen LogP contribution in [0, 0.1) is 23.8 Å². The second kappa shape index (κ2) is 9.15. The summed E-state index contributed by atoms with van der Waals surface area (Å²) in [4.78, 5) is 8.95. The number of rotatable bonds is 4. The molecule has 0 N–H and O–H groups in total. The average molecular weight is 303 g/mol. The highest BCUT2D eigenvalue weighted by Crippen LogP contribution is 2.28. The molecule has 123 valence electrons. The zero-order valence-corrected chi connectivity index (χ0v) is 14.3. The zero-order valence-electron chi connectivity index (χ0n) is 14.3. The van der Waals surface area contributed by atoms with Gasteiger partial charge in [0.25, 0.3) is 0 Å². The molecule has 1 aliphatic heterocycles. The van der Waals surface area contributed by atoms with Gasteiger partial charge in [-0.2, -0.15) is 10.3 Å². The number of nitrogens with zero attached hydrogens (tertiary/aromatic N) is 4. The van der Waals surface area contributed by atoms with Gasteiger partial charge < -0.3 is 9.80 Å². The van der Waals surface area contributed by atoms with Gasteiger partial charge in [0.05, 0.1) is 0 Å². The molecule has 0 aromatic carbocycles. The van der Waals surface area contributed by atoms with Crippen LogP contribution in [0.3, 0.4) is 0 Å². The molecule has 1 saturated carbocycles. The molecule has 0 amide bonds. The Morgan fingerprint density at radius 1 is 1.23 bits per heavy atom.